The predicted molar refractivity (Wildman–Crippen MR) is 139 cm³/mol. The summed E-state index contributed by atoms with van der Waals surface area (Å²) in [4.78, 5) is 39.2. The molecule has 3 aliphatic heterocycles. The van der Waals surface area contributed by atoms with Gasteiger partial charge in [-0.1, -0.05) is 22.0 Å². The Kier molecular flexibility index (Phi) is 5.82. The fraction of sp³-hybridized carbons (Fsp3) is 0.320. The third-order valence-electron chi connectivity index (χ3n) is 6.73. The standard InChI is InChI=1S/C25H23BrN4O4S/c26-17-6-3-14-4-8-22(32)30-12-19(23(17)24(14)30)27-9-1-2-16-11-29(25(33)34-16)15-5-7-20-18(10-15)28-21(31)13-35-20/h3-8,10,16,19,27H,1-2,9,11-13H2,(H,28,31)/t16-,19-/m1/s1. The number of halogens is 1. The topological polar surface area (TPSA) is 92.7 Å². The average Bonchev–Trinajstić information content (AvgIpc) is 3.42. The molecule has 0 unspecified atom stereocenters. The first kappa shape index (κ1) is 22.6. The summed E-state index contributed by atoms with van der Waals surface area (Å²) in [5.41, 5.74) is 3.59. The van der Waals surface area contributed by atoms with E-state index in [1.54, 1.807) is 11.0 Å². The molecule has 0 radical (unpaired) electrons. The number of hydrogen-bond acceptors (Lipinski definition) is 6. The first-order valence-corrected chi connectivity index (χ1v) is 13.4. The van der Waals surface area contributed by atoms with Crippen LogP contribution >= 0.6 is 27.7 Å². The molecule has 35 heavy (non-hydrogen) atoms. The Balaban J connectivity index is 1.06. The summed E-state index contributed by atoms with van der Waals surface area (Å²) < 4.78 is 8.45. The van der Waals surface area contributed by atoms with Crippen molar-refractivity contribution in [3.05, 3.63) is 62.9 Å². The fourth-order valence-electron chi connectivity index (χ4n) is 5.08. The molecule has 2 aromatic carbocycles. The lowest BCUT2D eigenvalue weighted by molar-refractivity contribution is -0.113. The van der Waals surface area contributed by atoms with Crippen LogP contribution in [0.2, 0.25) is 0 Å². The van der Waals surface area contributed by atoms with Gasteiger partial charge in [-0.05, 0) is 55.1 Å². The summed E-state index contributed by atoms with van der Waals surface area (Å²) >= 11 is 5.15. The zero-order chi connectivity index (χ0) is 24.1. The third-order valence-corrected chi connectivity index (χ3v) is 8.49. The summed E-state index contributed by atoms with van der Waals surface area (Å²) in [7, 11) is 0. The molecular weight excluding hydrogens is 532 g/mol. The van der Waals surface area contributed by atoms with Crippen LogP contribution in [0, 0.1) is 0 Å². The van der Waals surface area contributed by atoms with Crippen LogP contribution in [-0.4, -0.2) is 41.5 Å². The van der Waals surface area contributed by atoms with Gasteiger partial charge < -0.3 is 19.9 Å². The number of nitrogens with zero attached hydrogens (tertiary/aromatic N) is 2. The summed E-state index contributed by atoms with van der Waals surface area (Å²) in [6.45, 7) is 1.83. The number of amides is 2. The van der Waals surface area contributed by atoms with E-state index in [9.17, 15) is 14.4 Å². The molecule has 4 heterocycles. The molecule has 2 N–H and O–H groups in total. The van der Waals surface area contributed by atoms with Crippen molar-refractivity contribution in [2.75, 3.05) is 29.1 Å². The molecule has 1 aromatic heterocycles. The lowest BCUT2D eigenvalue weighted by Gasteiger charge is -2.20. The van der Waals surface area contributed by atoms with Crippen LogP contribution in [-0.2, 0) is 16.1 Å². The van der Waals surface area contributed by atoms with Crippen molar-refractivity contribution in [3.8, 4) is 0 Å². The number of carbonyl (C=O) groups excluding carboxylic acids is 2. The van der Waals surface area contributed by atoms with Crippen molar-refractivity contribution in [3.63, 3.8) is 0 Å². The number of fused-ring (bicyclic) bond motifs is 1. The zero-order valence-corrected chi connectivity index (χ0v) is 21.2. The molecule has 10 heteroatoms. The van der Waals surface area contributed by atoms with Gasteiger partial charge in [0.2, 0.25) is 5.91 Å². The summed E-state index contributed by atoms with van der Waals surface area (Å²) in [6.07, 6.45) is 1.01. The van der Waals surface area contributed by atoms with Crippen molar-refractivity contribution >= 4 is 62.0 Å². The van der Waals surface area contributed by atoms with Gasteiger partial charge in [0, 0.05) is 33.2 Å². The molecule has 1 saturated heterocycles. The molecule has 6 rings (SSSR count). The van der Waals surface area contributed by atoms with E-state index in [0.29, 0.717) is 18.8 Å². The Morgan fingerprint density at radius 3 is 2.86 bits per heavy atom. The quantitative estimate of drug-likeness (QED) is 0.442. The highest BCUT2D eigenvalue weighted by atomic mass is 79.9. The molecule has 0 saturated carbocycles. The van der Waals surface area contributed by atoms with Crippen LogP contribution in [0.5, 0.6) is 0 Å². The van der Waals surface area contributed by atoms with E-state index in [-0.39, 0.29) is 29.7 Å². The molecule has 8 nitrogen and oxygen atoms in total. The van der Waals surface area contributed by atoms with Crippen LogP contribution in [0.4, 0.5) is 16.2 Å². The first-order valence-electron chi connectivity index (χ1n) is 11.6. The van der Waals surface area contributed by atoms with E-state index in [1.807, 2.05) is 41.0 Å². The molecule has 0 bridgehead atoms. The van der Waals surface area contributed by atoms with Gasteiger partial charge in [-0.3, -0.25) is 14.5 Å². The Morgan fingerprint density at radius 2 is 1.97 bits per heavy atom. The van der Waals surface area contributed by atoms with Gasteiger partial charge in [-0.2, -0.15) is 0 Å². The number of ether oxygens (including phenoxy) is 1. The number of pyridine rings is 1. The molecule has 3 aliphatic rings. The molecule has 180 valence electrons. The smallest absolute Gasteiger partial charge is 0.414 e. The van der Waals surface area contributed by atoms with Crippen molar-refractivity contribution in [1.29, 1.82) is 0 Å². The number of hydrogen-bond donors (Lipinski definition) is 2. The lowest BCUT2D eigenvalue weighted by atomic mass is 10.1. The highest BCUT2D eigenvalue weighted by molar-refractivity contribution is 9.10. The molecular formula is C25H23BrN4O4S. The second-order valence-corrected chi connectivity index (χ2v) is 10.8. The summed E-state index contributed by atoms with van der Waals surface area (Å²) in [5.74, 6) is 0.372. The molecule has 2 amide bonds. The van der Waals surface area contributed by atoms with E-state index in [1.165, 1.54) is 11.8 Å². The number of anilines is 2. The number of benzene rings is 2. The lowest BCUT2D eigenvalue weighted by Crippen LogP contribution is -2.27. The number of cyclic esters (lactones) is 1. The highest BCUT2D eigenvalue weighted by Crippen LogP contribution is 2.37. The van der Waals surface area contributed by atoms with E-state index in [2.05, 4.69) is 26.6 Å². The molecule has 0 spiro atoms. The van der Waals surface area contributed by atoms with Gasteiger partial charge in [0.1, 0.15) is 6.10 Å². The minimum absolute atomic E-state index is 0.0134. The average molecular weight is 555 g/mol. The van der Waals surface area contributed by atoms with Crippen molar-refractivity contribution in [2.24, 2.45) is 0 Å². The number of nitrogens with one attached hydrogen (secondary N) is 2. The predicted octanol–water partition coefficient (Wildman–Crippen LogP) is 4.26. The third kappa shape index (κ3) is 4.13. The van der Waals surface area contributed by atoms with Gasteiger partial charge in [-0.15, -0.1) is 11.8 Å². The Bertz CT molecular complexity index is 1420. The van der Waals surface area contributed by atoms with Gasteiger partial charge in [0.05, 0.1) is 29.5 Å². The molecule has 2 atom stereocenters. The maximum atomic E-state index is 12.5. The zero-order valence-electron chi connectivity index (χ0n) is 18.8. The van der Waals surface area contributed by atoms with Gasteiger partial charge in [-0.25, -0.2) is 4.79 Å². The summed E-state index contributed by atoms with van der Waals surface area (Å²) in [6, 6.07) is 13.3. The minimum atomic E-state index is -0.362. The largest absolute Gasteiger partial charge is 0.444 e. The van der Waals surface area contributed by atoms with Crippen molar-refractivity contribution in [2.45, 2.75) is 36.4 Å². The monoisotopic (exact) mass is 554 g/mol. The second-order valence-electron chi connectivity index (χ2n) is 8.96. The summed E-state index contributed by atoms with van der Waals surface area (Å²) in [5, 5.41) is 7.52. The first-order chi connectivity index (χ1) is 17.0. The van der Waals surface area contributed by atoms with Crippen LogP contribution in [0.15, 0.2) is 56.6 Å². The number of aromatic nitrogens is 1. The Hall–Kier alpha value is -2.82. The van der Waals surface area contributed by atoms with Crippen LogP contribution in [0.3, 0.4) is 0 Å². The minimum Gasteiger partial charge on any atom is -0.444 e. The number of thioether (sulfide) groups is 1. The van der Waals surface area contributed by atoms with E-state index >= 15 is 0 Å². The molecule has 0 aliphatic carbocycles. The Morgan fingerprint density at radius 1 is 1.11 bits per heavy atom. The highest BCUT2D eigenvalue weighted by Gasteiger charge is 2.33. The maximum Gasteiger partial charge on any atom is 0.414 e. The van der Waals surface area contributed by atoms with Crippen LogP contribution < -0.4 is 21.1 Å². The van der Waals surface area contributed by atoms with Crippen LogP contribution in [0.1, 0.15) is 24.4 Å². The second kappa shape index (κ2) is 9.00. The number of carbonyl (C=O) groups is 2. The molecule has 3 aromatic rings. The van der Waals surface area contributed by atoms with E-state index in [0.717, 1.165) is 56.6 Å². The SMILES string of the molecule is O=C1CSc2ccc(N3C[C@@H](CCCN[C@@H]4Cn5c(=O)ccc6ccc(Br)c4c65)OC3=O)cc2N1. The number of rotatable bonds is 6. The van der Waals surface area contributed by atoms with Gasteiger partial charge in [0.15, 0.2) is 0 Å². The van der Waals surface area contributed by atoms with Crippen molar-refractivity contribution in [1.82, 2.24) is 9.88 Å². The van der Waals surface area contributed by atoms with Gasteiger partial charge >= 0.3 is 6.09 Å². The Labute approximate surface area is 214 Å². The fourth-order valence-corrected chi connectivity index (χ4v) is 6.46. The maximum absolute atomic E-state index is 12.5. The van der Waals surface area contributed by atoms with E-state index < -0.39 is 0 Å². The molecule has 1 fully saturated rings. The van der Waals surface area contributed by atoms with E-state index in [4.69, 9.17) is 4.74 Å². The van der Waals surface area contributed by atoms with Crippen LogP contribution in [0.25, 0.3) is 10.9 Å². The normalized spacial score (nSPS) is 20.8. The van der Waals surface area contributed by atoms with Crippen molar-refractivity contribution < 1.29 is 14.3 Å². The van der Waals surface area contributed by atoms with Gasteiger partial charge in [0.25, 0.3) is 5.56 Å².